The van der Waals surface area contributed by atoms with Crippen LogP contribution >= 0.6 is 0 Å². The van der Waals surface area contributed by atoms with Crippen molar-refractivity contribution in [3.63, 3.8) is 0 Å². The molecular formula is C25H31N3O3. The average Bonchev–Trinajstić information content (AvgIpc) is 3.13. The summed E-state index contributed by atoms with van der Waals surface area (Å²) in [6.45, 7) is 7.37. The molecule has 0 aliphatic rings. The molecule has 2 amide bonds. The molecule has 0 radical (unpaired) electrons. The summed E-state index contributed by atoms with van der Waals surface area (Å²) in [4.78, 5) is 25.8. The second-order valence-corrected chi connectivity index (χ2v) is 8.24. The molecule has 1 aromatic heterocycles. The minimum Gasteiger partial charge on any atom is -0.383 e. The number of carbonyl (C=O) groups excluding carboxylic acids is 2. The lowest BCUT2D eigenvalue weighted by atomic mass is 10.0. The van der Waals surface area contributed by atoms with E-state index in [1.165, 1.54) is 0 Å². The largest absolute Gasteiger partial charge is 0.383 e. The van der Waals surface area contributed by atoms with Crippen molar-refractivity contribution in [3.05, 3.63) is 65.9 Å². The third-order valence-electron chi connectivity index (χ3n) is 5.29. The Morgan fingerprint density at radius 3 is 2.58 bits per heavy atom. The Labute approximate surface area is 183 Å². The molecule has 0 bridgehead atoms. The number of rotatable bonds is 9. The lowest BCUT2D eigenvalue weighted by Gasteiger charge is -2.21. The molecule has 1 heterocycles. The summed E-state index contributed by atoms with van der Waals surface area (Å²) in [5, 5.41) is 6.94. The van der Waals surface area contributed by atoms with Crippen molar-refractivity contribution >= 4 is 28.4 Å². The van der Waals surface area contributed by atoms with Crippen molar-refractivity contribution in [2.45, 2.75) is 39.8 Å². The molecule has 1 atom stereocenters. The Bertz CT molecular complexity index is 1060. The number of benzene rings is 2. The number of fused-ring (bicyclic) bond motifs is 1. The standard InChI is InChI=1S/C25H31N3O3/c1-17(2)15-22(27-24(29)21-8-6-5-7-18(21)3)25(30)26-20-9-10-23-19(16-20)11-12-28(23)13-14-31-4/h5-12,16-17,22H,13-15H2,1-4H3,(H,26,30)(H,27,29). The van der Waals surface area contributed by atoms with Crippen LogP contribution in [0.4, 0.5) is 5.69 Å². The number of aromatic nitrogens is 1. The molecular weight excluding hydrogens is 390 g/mol. The number of methoxy groups -OCH3 is 1. The first-order valence-electron chi connectivity index (χ1n) is 10.6. The average molecular weight is 422 g/mol. The van der Waals surface area contributed by atoms with Crippen LogP contribution in [0, 0.1) is 12.8 Å². The van der Waals surface area contributed by atoms with Gasteiger partial charge >= 0.3 is 0 Å². The van der Waals surface area contributed by atoms with E-state index in [0.717, 1.165) is 23.0 Å². The van der Waals surface area contributed by atoms with Gasteiger partial charge in [0.15, 0.2) is 0 Å². The van der Waals surface area contributed by atoms with Gasteiger partial charge < -0.3 is 19.9 Å². The Balaban J connectivity index is 1.74. The van der Waals surface area contributed by atoms with Crippen molar-refractivity contribution in [3.8, 4) is 0 Å². The van der Waals surface area contributed by atoms with Gasteiger partial charge in [0.05, 0.1) is 6.61 Å². The number of nitrogens with one attached hydrogen (secondary N) is 2. The van der Waals surface area contributed by atoms with Crippen LogP contribution in [0.15, 0.2) is 54.7 Å². The Kier molecular flexibility index (Phi) is 7.47. The quantitative estimate of drug-likeness (QED) is 0.539. The van der Waals surface area contributed by atoms with Crippen molar-refractivity contribution in [2.75, 3.05) is 19.0 Å². The molecule has 6 nitrogen and oxygen atoms in total. The zero-order chi connectivity index (χ0) is 22.4. The van der Waals surface area contributed by atoms with Crippen LogP contribution in [0.2, 0.25) is 0 Å². The number of amides is 2. The zero-order valence-electron chi connectivity index (χ0n) is 18.6. The van der Waals surface area contributed by atoms with Crippen LogP contribution in [-0.4, -0.2) is 36.1 Å². The molecule has 0 aliphatic carbocycles. The van der Waals surface area contributed by atoms with Crippen molar-refractivity contribution < 1.29 is 14.3 Å². The minimum absolute atomic E-state index is 0.214. The summed E-state index contributed by atoms with van der Waals surface area (Å²) >= 11 is 0. The van der Waals surface area contributed by atoms with E-state index in [9.17, 15) is 9.59 Å². The van der Waals surface area contributed by atoms with Gasteiger partial charge in [-0.05, 0) is 55.2 Å². The SMILES string of the molecule is COCCn1ccc2cc(NC(=O)C(CC(C)C)NC(=O)c3ccccc3C)ccc21. The second-order valence-electron chi connectivity index (χ2n) is 8.24. The Hall–Kier alpha value is -3.12. The highest BCUT2D eigenvalue weighted by atomic mass is 16.5. The van der Waals surface area contributed by atoms with Crippen LogP contribution in [0.3, 0.4) is 0 Å². The van der Waals surface area contributed by atoms with Crippen molar-refractivity contribution in [1.29, 1.82) is 0 Å². The number of anilines is 1. The number of nitrogens with zero attached hydrogens (tertiary/aromatic N) is 1. The van der Waals surface area contributed by atoms with E-state index in [1.807, 2.05) is 69.4 Å². The molecule has 164 valence electrons. The summed E-state index contributed by atoms with van der Waals surface area (Å²) in [6, 6.07) is 14.6. The van der Waals surface area contributed by atoms with Gasteiger partial charge in [-0.1, -0.05) is 32.0 Å². The topological polar surface area (TPSA) is 72.4 Å². The fraction of sp³-hybridized carbons (Fsp3) is 0.360. The highest BCUT2D eigenvalue weighted by Crippen LogP contribution is 2.21. The van der Waals surface area contributed by atoms with E-state index >= 15 is 0 Å². The normalized spacial score (nSPS) is 12.2. The molecule has 31 heavy (non-hydrogen) atoms. The highest BCUT2D eigenvalue weighted by Gasteiger charge is 2.23. The van der Waals surface area contributed by atoms with E-state index in [1.54, 1.807) is 13.2 Å². The van der Waals surface area contributed by atoms with Gasteiger partial charge in [-0.2, -0.15) is 0 Å². The molecule has 2 N–H and O–H groups in total. The van der Waals surface area contributed by atoms with Gasteiger partial charge in [0.2, 0.25) is 5.91 Å². The van der Waals surface area contributed by atoms with Crippen LogP contribution in [0.5, 0.6) is 0 Å². The molecule has 0 saturated carbocycles. The molecule has 0 saturated heterocycles. The summed E-state index contributed by atoms with van der Waals surface area (Å²) in [5.74, 6) is -0.191. The van der Waals surface area contributed by atoms with Gasteiger partial charge in [0.25, 0.3) is 5.91 Å². The first-order chi connectivity index (χ1) is 14.9. The van der Waals surface area contributed by atoms with Crippen molar-refractivity contribution in [2.24, 2.45) is 5.92 Å². The van der Waals surface area contributed by atoms with E-state index in [-0.39, 0.29) is 17.7 Å². The van der Waals surface area contributed by atoms with Gasteiger partial charge in [0.1, 0.15) is 6.04 Å². The fourth-order valence-electron chi connectivity index (χ4n) is 3.66. The smallest absolute Gasteiger partial charge is 0.252 e. The van der Waals surface area contributed by atoms with E-state index in [2.05, 4.69) is 15.2 Å². The molecule has 3 rings (SSSR count). The molecule has 0 spiro atoms. The number of aryl methyl sites for hydroxylation is 1. The first-order valence-corrected chi connectivity index (χ1v) is 10.6. The minimum atomic E-state index is -0.617. The van der Waals surface area contributed by atoms with Gasteiger partial charge in [-0.3, -0.25) is 9.59 Å². The van der Waals surface area contributed by atoms with Crippen LogP contribution in [-0.2, 0) is 16.1 Å². The van der Waals surface area contributed by atoms with Crippen LogP contribution in [0.1, 0.15) is 36.2 Å². The second kappa shape index (κ2) is 10.3. The number of ether oxygens (including phenoxy) is 1. The number of hydrogen-bond donors (Lipinski definition) is 2. The summed E-state index contributed by atoms with van der Waals surface area (Å²) in [5.41, 5.74) is 3.26. The molecule has 0 fully saturated rings. The predicted octanol–water partition coefficient (Wildman–Crippen LogP) is 4.38. The van der Waals surface area contributed by atoms with E-state index in [4.69, 9.17) is 4.74 Å². The maximum absolute atomic E-state index is 13.0. The lowest BCUT2D eigenvalue weighted by molar-refractivity contribution is -0.118. The molecule has 1 unspecified atom stereocenters. The molecule has 2 aromatic carbocycles. The Morgan fingerprint density at radius 1 is 1.10 bits per heavy atom. The number of carbonyl (C=O) groups is 2. The Morgan fingerprint density at radius 2 is 1.87 bits per heavy atom. The predicted molar refractivity (Wildman–Crippen MR) is 124 cm³/mol. The third-order valence-corrected chi connectivity index (χ3v) is 5.29. The summed E-state index contributed by atoms with van der Waals surface area (Å²) in [6.07, 6.45) is 2.57. The first kappa shape index (κ1) is 22.6. The lowest BCUT2D eigenvalue weighted by Crippen LogP contribution is -2.44. The maximum Gasteiger partial charge on any atom is 0.252 e. The highest BCUT2D eigenvalue weighted by molar-refractivity contribution is 6.02. The van der Waals surface area contributed by atoms with E-state index in [0.29, 0.717) is 24.3 Å². The summed E-state index contributed by atoms with van der Waals surface area (Å²) < 4.78 is 7.28. The monoisotopic (exact) mass is 421 g/mol. The fourth-order valence-corrected chi connectivity index (χ4v) is 3.66. The van der Waals surface area contributed by atoms with E-state index < -0.39 is 6.04 Å². The van der Waals surface area contributed by atoms with Gasteiger partial charge in [-0.25, -0.2) is 0 Å². The van der Waals surface area contributed by atoms with Crippen LogP contribution < -0.4 is 10.6 Å². The third kappa shape index (κ3) is 5.73. The molecule has 6 heteroatoms. The molecule has 0 aliphatic heterocycles. The summed E-state index contributed by atoms with van der Waals surface area (Å²) in [7, 11) is 1.69. The maximum atomic E-state index is 13.0. The van der Waals surface area contributed by atoms with Gasteiger partial charge in [0, 0.05) is 42.0 Å². The zero-order valence-corrected chi connectivity index (χ0v) is 18.6. The van der Waals surface area contributed by atoms with Crippen LogP contribution in [0.25, 0.3) is 10.9 Å². The molecule has 3 aromatic rings. The number of hydrogen-bond acceptors (Lipinski definition) is 3. The van der Waals surface area contributed by atoms with Crippen molar-refractivity contribution in [1.82, 2.24) is 9.88 Å². The van der Waals surface area contributed by atoms with Gasteiger partial charge in [-0.15, -0.1) is 0 Å².